The van der Waals surface area contributed by atoms with Gasteiger partial charge in [0.15, 0.2) is 5.96 Å². The van der Waals surface area contributed by atoms with Gasteiger partial charge >= 0.3 is 0 Å². The molecule has 5 nitrogen and oxygen atoms in total. The Morgan fingerprint density at radius 2 is 2.08 bits per heavy atom. The van der Waals surface area contributed by atoms with Crippen LogP contribution in [0, 0.1) is 11.8 Å². The number of benzene rings is 1. The van der Waals surface area contributed by atoms with Gasteiger partial charge in [0, 0.05) is 32.1 Å². The molecule has 26 heavy (non-hydrogen) atoms. The van der Waals surface area contributed by atoms with Gasteiger partial charge in [-0.15, -0.1) is 0 Å². The summed E-state index contributed by atoms with van der Waals surface area (Å²) in [6.45, 7) is 5.89. The number of nitrogens with zero attached hydrogens (tertiary/aromatic N) is 2. The van der Waals surface area contributed by atoms with Crippen molar-refractivity contribution >= 4 is 5.96 Å². The van der Waals surface area contributed by atoms with Crippen LogP contribution < -0.4 is 10.6 Å². The van der Waals surface area contributed by atoms with Crippen LogP contribution in [0.15, 0.2) is 33.8 Å². The van der Waals surface area contributed by atoms with E-state index in [2.05, 4.69) is 58.9 Å². The molecule has 0 radical (unpaired) electrons. The Morgan fingerprint density at radius 3 is 2.85 bits per heavy atom. The minimum absolute atomic E-state index is 0.704. The molecule has 138 valence electrons. The Balaban J connectivity index is 1.31. The zero-order valence-electron chi connectivity index (χ0n) is 15.9. The SMILES string of the molecule is CCc1noc(CC)c1CNC(=NC)NCC1C2Cc3ccccc3C12. The van der Waals surface area contributed by atoms with Gasteiger partial charge < -0.3 is 15.2 Å². The molecule has 2 N–H and O–H groups in total. The van der Waals surface area contributed by atoms with Gasteiger partial charge in [-0.3, -0.25) is 4.99 Å². The van der Waals surface area contributed by atoms with Gasteiger partial charge in [0.25, 0.3) is 0 Å². The third-order valence-corrected chi connectivity index (χ3v) is 5.97. The van der Waals surface area contributed by atoms with Crippen LogP contribution in [0.2, 0.25) is 0 Å². The number of fused-ring (bicyclic) bond motifs is 3. The highest BCUT2D eigenvalue weighted by Gasteiger charge is 2.54. The lowest BCUT2D eigenvalue weighted by Crippen LogP contribution is -2.38. The minimum atomic E-state index is 0.704. The van der Waals surface area contributed by atoms with Gasteiger partial charge in [-0.1, -0.05) is 43.3 Å². The third kappa shape index (κ3) is 3.00. The van der Waals surface area contributed by atoms with E-state index in [1.807, 2.05) is 7.05 Å². The standard InChI is InChI=1S/C21H28N4O/c1-4-18-17(19(5-2)26-25-18)12-24-21(22-3)23-11-16-15-10-13-8-6-7-9-14(13)20(15)16/h6-9,15-16,20H,4-5,10-12H2,1-3H3,(H2,22,23,24). The molecule has 5 heteroatoms. The van der Waals surface area contributed by atoms with Crippen molar-refractivity contribution in [2.75, 3.05) is 13.6 Å². The number of nitrogens with one attached hydrogen (secondary N) is 2. The van der Waals surface area contributed by atoms with E-state index < -0.39 is 0 Å². The number of aliphatic imine (C=N–C) groups is 1. The van der Waals surface area contributed by atoms with Gasteiger partial charge in [-0.05, 0) is 41.7 Å². The van der Waals surface area contributed by atoms with E-state index >= 15 is 0 Å². The van der Waals surface area contributed by atoms with E-state index in [0.29, 0.717) is 6.54 Å². The normalized spacial score (nSPS) is 23.5. The molecule has 1 saturated carbocycles. The molecule has 0 spiro atoms. The van der Waals surface area contributed by atoms with E-state index in [1.165, 1.54) is 12.0 Å². The lowest BCUT2D eigenvalue weighted by Gasteiger charge is -2.13. The summed E-state index contributed by atoms with van der Waals surface area (Å²) in [5, 5.41) is 11.1. The molecule has 0 bridgehead atoms. The molecule has 0 amide bonds. The van der Waals surface area contributed by atoms with Crippen LogP contribution in [0.5, 0.6) is 0 Å². The van der Waals surface area contributed by atoms with Crippen molar-refractivity contribution in [3.05, 3.63) is 52.4 Å². The number of aryl methyl sites for hydroxylation is 2. The average Bonchev–Trinajstić information content (AvgIpc) is 3.03. The van der Waals surface area contributed by atoms with Crippen molar-refractivity contribution in [1.82, 2.24) is 15.8 Å². The molecule has 2 aliphatic carbocycles. The molecule has 1 aromatic heterocycles. The Kier molecular flexibility index (Phi) is 4.70. The van der Waals surface area contributed by atoms with Gasteiger partial charge in [-0.25, -0.2) is 0 Å². The van der Waals surface area contributed by atoms with E-state index in [9.17, 15) is 0 Å². The molecule has 2 aromatic rings. The number of guanidine groups is 1. The monoisotopic (exact) mass is 352 g/mol. The van der Waals surface area contributed by atoms with Crippen LogP contribution in [0.1, 0.15) is 47.9 Å². The highest BCUT2D eigenvalue weighted by Crippen LogP contribution is 2.60. The zero-order chi connectivity index (χ0) is 18.1. The first kappa shape index (κ1) is 17.1. The van der Waals surface area contributed by atoms with Crippen molar-refractivity contribution in [1.29, 1.82) is 0 Å². The van der Waals surface area contributed by atoms with E-state index in [1.54, 1.807) is 11.1 Å². The Morgan fingerprint density at radius 1 is 1.23 bits per heavy atom. The van der Waals surface area contributed by atoms with Crippen LogP contribution in [-0.4, -0.2) is 24.7 Å². The van der Waals surface area contributed by atoms with E-state index in [0.717, 1.165) is 54.6 Å². The predicted molar refractivity (Wildman–Crippen MR) is 103 cm³/mol. The van der Waals surface area contributed by atoms with Crippen molar-refractivity contribution in [2.24, 2.45) is 16.8 Å². The third-order valence-electron chi connectivity index (χ3n) is 5.97. The second-order valence-corrected chi connectivity index (χ2v) is 7.30. The van der Waals surface area contributed by atoms with Gasteiger partial charge in [0.1, 0.15) is 5.76 Å². The summed E-state index contributed by atoms with van der Waals surface area (Å²) in [6, 6.07) is 8.90. The number of aromatic nitrogens is 1. The summed E-state index contributed by atoms with van der Waals surface area (Å²) in [5.41, 5.74) is 5.33. The number of hydrogen-bond donors (Lipinski definition) is 2. The molecular formula is C21H28N4O. The Hall–Kier alpha value is -2.30. The molecule has 2 aliphatic rings. The molecular weight excluding hydrogens is 324 g/mol. The highest BCUT2D eigenvalue weighted by atomic mass is 16.5. The maximum absolute atomic E-state index is 5.44. The average molecular weight is 352 g/mol. The molecule has 0 saturated heterocycles. The lowest BCUT2D eigenvalue weighted by molar-refractivity contribution is 0.380. The number of rotatable bonds is 6. The fraction of sp³-hybridized carbons (Fsp3) is 0.524. The molecule has 1 aromatic carbocycles. The molecule has 3 atom stereocenters. The van der Waals surface area contributed by atoms with Gasteiger partial charge in [0.2, 0.25) is 0 Å². The quantitative estimate of drug-likeness (QED) is 0.620. The van der Waals surface area contributed by atoms with Crippen molar-refractivity contribution in [3.63, 3.8) is 0 Å². The fourth-order valence-corrected chi connectivity index (χ4v) is 4.51. The Bertz CT molecular complexity index is 789. The summed E-state index contributed by atoms with van der Waals surface area (Å²) in [7, 11) is 1.83. The molecule has 0 aliphatic heterocycles. The summed E-state index contributed by atoms with van der Waals surface area (Å²) in [4.78, 5) is 4.38. The van der Waals surface area contributed by atoms with E-state index in [4.69, 9.17) is 4.52 Å². The predicted octanol–water partition coefficient (Wildman–Crippen LogP) is 3.05. The molecule has 1 heterocycles. The fourth-order valence-electron chi connectivity index (χ4n) is 4.51. The zero-order valence-corrected chi connectivity index (χ0v) is 15.9. The first-order chi connectivity index (χ1) is 12.8. The Labute approximate surface area is 155 Å². The van der Waals surface area contributed by atoms with Crippen molar-refractivity contribution in [3.8, 4) is 0 Å². The van der Waals surface area contributed by atoms with Crippen LogP contribution in [-0.2, 0) is 25.8 Å². The van der Waals surface area contributed by atoms with Crippen molar-refractivity contribution < 1.29 is 4.52 Å². The molecule has 4 rings (SSSR count). The summed E-state index contributed by atoms with van der Waals surface area (Å²) < 4.78 is 5.44. The molecule has 1 fully saturated rings. The van der Waals surface area contributed by atoms with Crippen LogP contribution in [0.25, 0.3) is 0 Å². The maximum Gasteiger partial charge on any atom is 0.191 e. The molecule has 3 unspecified atom stereocenters. The second-order valence-electron chi connectivity index (χ2n) is 7.30. The van der Waals surface area contributed by atoms with Crippen molar-refractivity contribution in [2.45, 2.75) is 45.6 Å². The van der Waals surface area contributed by atoms with Crippen LogP contribution in [0.3, 0.4) is 0 Å². The van der Waals surface area contributed by atoms with Crippen LogP contribution in [0.4, 0.5) is 0 Å². The summed E-state index contributed by atoms with van der Waals surface area (Å²) in [6.07, 6.45) is 2.98. The lowest BCUT2D eigenvalue weighted by atomic mass is 10.0. The van der Waals surface area contributed by atoms with Crippen LogP contribution >= 0.6 is 0 Å². The second kappa shape index (κ2) is 7.14. The van der Waals surface area contributed by atoms with Gasteiger partial charge in [-0.2, -0.15) is 0 Å². The van der Waals surface area contributed by atoms with Gasteiger partial charge in [0.05, 0.1) is 5.69 Å². The topological polar surface area (TPSA) is 62.5 Å². The largest absolute Gasteiger partial charge is 0.361 e. The summed E-state index contributed by atoms with van der Waals surface area (Å²) >= 11 is 0. The smallest absolute Gasteiger partial charge is 0.191 e. The first-order valence-corrected chi connectivity index (χ1v) is 9.75. The van der Waals surface area contributed by atoms with E-state index in [-0.39, 0.29) is 0 Å². The maximum atomic E-state index is 5.44. The highest BCUT2D eigenvalue weighted by molar-refractivity contribution is 5.79. The minimum Gasteiger partial charge on any atom is -0.361 e. The first-order valence-electron chi connectivity index (χ1n) is 9.75. The summed E-state index contributed by atoms with van der Waals surface area (Å²) in [5.74, 6) is 4.12. The number of hydrogen-bond acceptors (Lipinski definition) is 3.